The lowest BCUT2D eigenvalue weighted by molar-refractivity contribution is 0.0789. The fraction of sp³-hybridized carbons (Fsp3) is 0.571. The quantitative estimate of drug-likeness (QED) is 0.908. The van der Waals surface area contributed by atoms with Crippen molar-refractivity contribution < 1.29 is 4.79 Å². The second-order valence-corrected chi connectivity index (χ2v) is 6.89. The number of nitrogens with two attached hydrogens (primary N) is 1. The van der Waals surface area contributed by atoms with Gasteiger partial charge in [-0.25, -0.2) is 0 Å². The Balaban J connectivity index is 1.92. The molecule has 6 nitrogen and oxygen atoms in total. The monoisotopic (exact) mass is 307 g/mol. The Bertz CT molecular complexity index is 702. The number of likely N-dealkylation sites (tertiary alicyclic amines) is 1. The summed E-state index contributed by atoms with van der Waals surface area (Å²) in [4.78, 5) is 18.4. The number of fused-ring (bicyclic) bond motifs is 1. The molecule has 2 N–H and O–H groups in total. The molecule has 1 fully saturated rings. The molecule has 1 aliphatic heterocycles. The summed E-state index contributed by atoms with van der Waals surface area (Å²) >= 11 is 1.45. The molecular formula is C14H21N5OS. The van der Waals surface area contributed by atoms with Gasteiger partial charge in [-0.2, -0.15) is 5.10 Å². The van der Waals surface area contributed by atoms with E-state index in [1.54, 1.807) is 4.68 Å². The van der Waals surface area contributed by atoms with E-state index < -0.39 is 0 Å². The third-order valence-corrected chi connectivity index (χ3v) is 5.52. The Kier molecular flexibility index (Phi) is 3.41. The molecule has 1 aliphatic rings. The number of thiophene rings is 1. The van der Waals surface area contributed by atoms with Crippen LogP contribution in [0.3, 0.4) is 0 Å². The SMILES string of the molecule is Cc1nn(C)c2sc(C(=O)N3CCC(N(C)C)C3)c(N)c12. The molecule has 3 rings (SSSR count). The summed E-state index contributed by atoms with van der Waals surface area (Å²) in [5.74, 6) is 0.0532. The lowest BCUT2D eigenvalue weighted by atomic mass is 10.2. The van der Waals surface area contributed by atoms with E-state index in [1.165, 1.54) is 11.3 Å². The minimum absolute atomic E-state index is 0.0532. The van der Waals surface area contributed by atoms with Gasteiger partial charge in [-0.1, -0.05) is 0 Å². The van der Waals surface area contributed by atoms with Crippen molar-refractivity contribution in [2.75, 3.05) is 32.9 Å². The molecular weight excluding hydrogens is 286 g/mol. The molecule has 0 aromatic carbocycles. The number of rotatable bonds is 2. The van der Waals surface area contributed by atoms with Crippen molar-refractivity contribution in [3.63, 3.8) is 0 Å². The van der Waals surface area contributed by atoms with Crippen molar-refractivity contribution in [2.24, 2.45) is 7.05 Å². The van der Waals surface area contributed by atoms with E-state index in [2.05, 4.69) is 24.1 Å². The van der Waals surface area contributed by atoms with E-state index in [9.17, 15) is 4.79 Å². The van der Waals surface area contributed by atoms with Crippen LogP contribution in [0.4, 0.5) is 5.69 Å². The Labute approximate surface area is 128 Å². The summed E-state index contributed by atoms with van der Waals surface area (Å²) in [7, 11) is 6.00. The highest BCUT2D eigenvalue weighted by Crippen LogP contribution is 2.36. The van der Waals surface area contributed by atoms with Gasteiger partial charge in [0.1, 0.15) is 9.71 Å². The molecule has 1 saturated heterocycles. The van der Waals surface area contributed by atoms with Gasteiger partial charge in [-0.05, 0) is 27.4 Å². The number of hydrogen-bond acceptors (Lipinski definition) is 5. The molecule has 21 heavy (non-hydrogen) atoms. The van der Waals surface area contributed by atoms with E-state index in [1.807, 2.05) is 18.9 Å². The number of aromatic nitrogens is 2. The zero-order chi connectivity index (χ0) is 15.3. The molecule has 1 atom stereocenters. The van der Waals surface area contributed by atoms with Crippen LogP contribution in [0.1, 0.15) is 21.8 Å². The normalized spacial score (nSPS) is 19.1. The van der Waals surface area contributed by atoms with Gasteiger partial charge in [0.15, 0.2) is 0 Å². The predicted octanol–water partition coefficient (Wildman–Crippen LogP) is 1.30. The highest BCUT2D eigenvalue weighted by Gasteiger charge is 2.31. The molecule has 2 aromatic heterocycles. The van der Waals surface area contributed by atoms with Gasteiger partial charge in [-0.15, -0.1) is 11.3 Å². The predicted molar refractivity (Wildman–Crippen MR) is 85.7 cm³/mol. The fourth-order valence-corrected chi connectivity index (χ4v) is 4.13. The summed E-state index contributed by atoms with van der Waals surface area (Å²) in [6.07, 6.45) is 1.02. The van der Waals surface area contributed by atoms with Gasteiger partial charge in [0, 0.05) is 26.2 Å². The van der Waals surface area contributed by atoms with Gasteiger partial charge in [0.25, 0.3) is 5.91 Å². The van der Waals surface area contributed by atoms with Crippen LogP contribution < -0.4 is 5.73 Å². The van der Waals surface area contributed by atoms with Crippen LogP contribution in [-0.2, 0) is 7.05 Å². The maximum Gasteiger partial charge on any atom is 0.266 e. The number of amides is 1. The van der Waals surface area contributed by atoms with Crippen LogP contribution in [0, 0.1) is 6.92 Å². The maximum atomic E-state index is 12.7. The van der Waals surface area contributed by atoms with Crippen LogP contribution >= 0.6 is 11.3 Å². The summed E-state index contributed by atoms with van der Waals surface area (Å²) in [5.41, 5.74) is 7.68. The second-order valence-electron chi connectivity index (χ2n) is 5.89. The average molecular weight is 307 g/mol. The maximum absolute atomic E-state index is 12.7. The number of hydrogen-bond donors (Lipinski definition) is 1. The zero-order valence-electron chi connectivity index (χ0n) is 12.9. The number of carbonyl (C=O) groups excluding carboxylic acids is 1. The standard InChI is InChI=1S/C14H21N5OS/c1-8-10-11(15)12(21-14(10)18(4)16-8)13(20)19-6-5-9(7-19)17(2)3/h9H,5-7,15H2,1-4H3. The summed E-state index contributed by atoms with van der Waals surface area (Å²) in [6, 6.07) is 0.438. The van der Waals surface area contributed by atoms with E-state index in [-0.39, 0.29) is 5.91 Å². The summed E-state index contributed by atoms with van der Waals surface area (Å²) in [6.45, 7) is 3.50. The van der Waals surface area contributed by atoms with Crippen molar-refractivity contribution >= 4 is 33.1 Å². The number of nitrogen functional groups attached to an aromatic ring is 1. The van der Waals surface area contributed by atoms with E-state index in [4.69, 9.17) is 5.73 Å². The third-order valence-electron chi connectivity index (χ3n) is 4.26. The largest absolute Gasteiger partial charge is 0.397 e. The Hall–Kier alpha value is -1.60. The molecule has 114 valence electrons. The van der Waals surface area contributed by atoms with Crippen molar-refractivity contribution in [3.8, 4) is 0 Å². The van der Waals surface area contributed by atoms with E-state index in [0.717, 1.165) is 35.4 Å². The Morgan fingerprint density at radius 3 is 2.76 bits per heavy atom. The van der Waals surface area contributed by atoms with Crippen LogP contribution in [0.2, 0.25) is 0 Å². The van der Waals surface area contributed by atoms with Gasteiger partial charge in [0.2, 0.25) is 0 Å². The Morgan fingerprint density at radius 1 is 1.48 bits per heavy atom. The highest BCUT2D eigenvalue weighted by atomic mass is 32.1. The van der Waals surface area contributed by atoms with Crippen molar-refractivity contribution in [1.82, 2.24) is 19.6 Å². The topological polar surface area (TPSA) is 67.4 Å². The molecule has 1 unspecified atom stereocenters. The highest BCUT2D eigenvalue weighted by molar-refractivity contribution is 7.21. The van der Waals surface area contributed by atoms with E-state index >= 15 is 0 Å². The lowest BCUT2D eigenvalue weighted by Gasteiger charge is -2.20. The average Bonchev–Trinajstić information content (AvgIpc) is 3.07. The second kappa shape index (κ2) is 4.99. The molecule has 0 spiro atoms. The first-order valence-corrected chi connectivity index (χ1v) is 7.89. The fourth-order valence-electron chi connectivity index (χ4n) is 2.98. The lowest BCUT2D eigenvalue weighted by Crippen LogP contribution is -2.34. The van der Waals surface area contributed by atoms with Crippen molar-refractivity contribution in [1.29, 1.82) is 0 Å². The third kappa shape index (κ3) is 2.20. The molecule has 0 bridgehead atoms. The molecule has 0 aliphatic carbocycles. The molecule has 0 saturated carbocycles. The van der Waals surface area contributed by atoms with Crippen LogP contribution in [0.25, 0.3) is 10.2 Å². The van der Waals surface area contributed by atoms with Crippen molar-refractivity contribution in [3.05, 3.63) is 10.6 Å². The minimum Gasteiger partial charge on any atom is -0.397 e. The molecule has 0 radical (unpaired) electrons. The number of likely N-dealkylation sites (N-methyl/N-ethyl adjacent to an activating group) is 1. The summed E-state index contributed by atoms with van der Waals surface area (Å²) in [5, 5.41) is 5.28. The van der Waals surface area contributed by atoms with Crippen LogP contribution in [0.5, 0.6) is 0 Å². The Morgan fingerprint density at radius 2 is 2.19 bits per heavy atom. The first-order valence-electron chi connectivity index (χ1n) is 7.07. The number of anilines is 1. The zero-order valence-corrected chi connectivity index (χ0v) is 13.7. The van der Waals surface area contributed by atoms with Gasteiger partial charge in [-0.3, -0.25) is 9.48 Å². The summed E-state index contributed by atoms with van der Waals surface area (Å²) < 4.78 is 1.80. The minimum atomic E-state index is 0.0532. The van der Waals surface area contributed by atoms with Crippen LogP contribution in [0.15, 0.2) is 0 Å². The first kappa shape index (κ1) is 14.3. The van der Waals surface area contributed by atoms with E-state index in [0.29, 0.717) is 16.6 Å². The molecule has 1 amide bonds. The molecule has 3 heterocycles. The van der Waals surface area contributed by atoms with Gasteiger partial charge >= 0.3 is 0 Å². The molecule has 2 aromatic rings. The number of carbonyl (C=O) groups is 1. The number of aryl methyl sites for hydroxylation is 2. The van der Waals surface area contributed by atoms with Gasteiger partial charge in [0.05, 0.1) is 16.8 Å². The van der Waals surface area contributed by atoms with Crippen molar-refractivity contribution in [2.45, 2.75) is 19.4 Å². The molecule has 7 heteroatoms. The van der Waals surface area contributed by atoms with Crippen LogP contribution in [-0.4, -0.2) is 58.7 Å². The number of nitrogens with zero attached hydrogens (tertiary/aromatic N) is 4. The van der Waals surface area contributed by atoms with Gasteiger partial charge < -0.3 is 15.5 Å². The first-order chi connectivity index (χ1) is 9.90. The smallest absolute Gasteiger partial charge is 0.266 e.